The molecule has 0 spiro atoms. The Bertz CT molecular complexity index is 1100. The number of nitrogens with two attached hydrogens (primary N) is 1. The molecule has 7 nitrogen and oxygen atoms in total. The molecule has 4 rings (SSSR count). The lowest BCUT2D eigenvalue weighted by atomic mass is 9.96. The van der Waals surface area contributed by atoms with Gasteiger partial charge in [0, 0.05) is 38.5 Å². The molecule has 35 heavy (non-hydrogen) atoms. The van der Waals surface area contributed by atoms with Gasteiger partial charge < -0.3 is 20.7 Å². The first-order valence-corrected chi connectivity index (χ1v) is 11.6. The lowest BCUT2D eigenvalue weighted by Crippen LogP contribution is -2.52. The van der Waals surface area contributed by atoms with Crippen LogP contribution < -0.4 is 25.6 Å². The minimum absolute atomic E-state index is 0.00707. The van der Waals surface area contributed by atoms with Gasteiger partial charge in [0.1, 0.15) is 5.75 Å². The predicted octanol–water partition coefficient (Wildman–Crippen LogP) is 4.26. The predicted molar refractivity (Wildman–Crippen MR) is 127 cm³/mol. The molecule has 1 unspecified atom stereocenters. The van der Waals surface area contributed by atoms with Gasteiger partial charge in [-0.15, -0.1) is 0 Å². The summed E-state index contributed by atoms with van der Waals surface area (Å²) in [4.78, 5) is 28.5. The summed E-state index contributed by atoms with van der Waals surface area (Å²) in [6, 6.07) is 9.84. The van der Waals surface area contributed by atoms with Gasteiger partial charge in [0.05, 0.1) is 23.0 Å². The third-order valence-electron chi connectivity index (χ3n) is 6.35. The lowest BCUT2D eigenvalue weighted by Gasteiger charge is -2.40. The van der Waals surface area contributed by atoms with E-state index >= 15 is 0 Å². The molecular weight excluding hydrogens is 461 g/mol. The first-order chi connectivity index (χ1) is 16.6. The average Bonchev–Trinajstić information content (AvgIpc) is 3.63. The normalized spacial score (nSPS) is 18.7. The molecule has 0 radical (unpaired) electrons. The molecule has 2 aromatic rings. The first-order valence-electron chi connectivity index (χ1n) is 11.6. The highest BCUT2D eigenvalue weighted by atomic mass is 19.4. The van der Waals surface area contributed by atoms with E-state index in [2.05, 4.69) is 5.32 Å². The van der Waals surface area contributed by atoms with Crippen molar-refractivity contribution in [2.45, 2.75) is 50.9 Å². The Balaban J connectivity index is 1.65. The molecule has 10 heteroatoms. The number of alkyl halides is 3. The molecule has 1 aliphatic heterocycles. The van der Waals surface area contributed by atoms with Crippen LogP contribution in [0.15, 0.2) is 42.5 Å². The van der Waals surface area contributed by atoms with E-state index in [1.807, 2.05) is 12.1 Å². The Morgan fingerprint density at radius 2 is 1.91 bits per heavy atom. The second-order valence-electron chi connectivity index (χ2n) is 9.11. The average molecular weight is 491 g/mol. The lowest BCUT2D eigenvalue weighted by molar-refractivity contribution is -0.137. The number of benzene rings is 2. The van der Waals surface area contributed by atoms with Crippen molar-refractivity contribution in [1.82, 2.24) is 5.32 Å². The van der Waals surface area contributed by atoms with Gasteiger partial charge in [-0.1, -0.05) is 12.1 Å². The number of carbonyl (C=O) groups is 2. The number of nitrogens with one attached hydrogen (secondary N) is 1. The highest BCUT2D eigenvalue weighted by molar-refractivity contribution is 6.02. The van der Waals surface area contributed by atoms with Crippen molar-refractivity contribution in [2.75, 3.05) is 29.4 Å². The van der Waals surface area contributed by atoms with Crippen molar-refractivity contribution in [2.24, 2.45) is 5.73 Å². The summed E-state index contributed by atoms with van der Waals surface area (Å²) >= 11 is 0. The molecule has 2 aliphatic rings. The van der Waals surface area contributed by atoms with Crippen molar-refractivity contribution in [1.29, 1.82) is 0 Å². The topological polar surface area (TPSA) is 87.9 Å². The van der Waals surface area contributed by atoms with E-state index in [9.17, 15) is 22.8 Å². The summed E-state index contributed by atoms with van der Waals surface area (Å²) in [5, 5.41) is 3.46. The number of fused-ring (bicyclic) bond motifs is 1. The van der Waals surface area contributed by atoms with Crippen LogP contribution >= 0.6 is 0 Å². The minimum Gasteiger partial charge on any atom is -0.410 e. The summed E-state index contributed by atoms with van der Waals surface area (Å²) in [6.07, 6.45) is -3.10. The summed E-state index contributed by atoms with van der Waals surface area (Å²) in [7, 11) is 0. The van der Waals surface area contributed by atoms with E-state index in [1.54, 1.807) is 17.9 Å². The molecule has 1 fully saturated rings. The van der Waals surface area contributed by atoms with Crippen LogP contribution in [0.25, 0.3) is 0 Å². The third kappa shape index (κ3) is 5.59. The molecule has 2 amide bonds. The molecule has 2 atom stereocenters. The number of hydrogen-bond acceptors (Lipinski definition) is 5. The number of hydrogen-bond donors (Lipinski definition) is 2. The van der Waals surface area contributed by atoms with E-state index in [0.717, 1.165) is 30.5 Å². The van der Waals surface area contributed by atoms with Gasteiger partial charge in [0.15, 0.2) is 0 Å². The van der Waals surface area contributed by atoms with Gasteiger partial charge in [-0.25, -0.2) is 4.79 Å². The number of carbonyl (C=O) groups excluding carboxylic acids is 2. The molecule has 188 valence electrons. The van der Waals surface area contributed by atoms with E-state index in [-0.39, 0.29) is 30.2 Å². The van der Waals surface area contributed by atoms with Crippen LogP contribution in [0.1, 0.15) is 43.7 Å². The highest BCUT2D eigenvalue weighted by Crippen LogP contribution is 2.39. The van der Waals surface area contributed by atoms with Gasteiger partial charge >= 0.3 is 12.3 Å². The number of halogens is 3. The molecule has 2 aromatic carbocycles. The van der Waals surface area contributed by atoms with Crippen LogP contribution in [-0.4, -0.2) is 43.7 Å². The Hall–Kier alpha value is -3.11. The highest BCUT2D eigenvalue weighted by Gasteiger charge is 2.36. The maximum Gasteiger partial charge on any atom is 0.419 e. The quantitative estimate of drug-likeness (QED) is 0.632. The zero-order valence-corrected chi connectivity index (χ0v) is 19.6. The molecule has 1 heterocycles. The summed E-state index contributed by atoms with van der Waals surface area (Å²) in [5.74, 6) is -0.395. The second-order valence-corrected chi connectivity index (χ2v) is 9.11. The Labute approximate surface area is 202 Å². The number of ether oxygens (including phenoxy) is 1. The number of nitrogens with zero attached hydrogens (tertiary/aromatic N) is 2. The smallest absolute Gasteiger partial charge is 0.410 e. The monoisotopic (exact) mass is 490 g/mol. The van der Waals surface area contributed by atoms with E-state index in [0.29, 0.717) is 30.5 Å². The fraction of sp³-hybridized carbons (Fsp3) is 0.440. The van der Waals surface area contributed by atoms with E-state index in [4.69, 9.17) is 10.5 Å². The Morgan fingerprint density at radius 3 is 2.54 bits per heavy atom. The minimum atomic E-state index is -4.56. The summed E-state index contributed by atoms with van der Waals surface area (Å²) in [6.45, 7) is 4.45. The number of anilines is 2. The molecule has 3 N–H and O–H groups in total. The first kappa shape index (κ1) is 25.0. The van der Waals surface area contributed by atoms with Crippen LogP contribution in [0.2, 0.25) is 0 Å². The zero-order valence-electron chi connectivity index (χ0n) is 19.6. The number of rotatable bonds is 6. The Morgan fingerprint density at radius 1 is 1.17 bits per heavy atom. The Kier molecular flexibility index (Phi) is 7.05. The fourth-order valence-electron chi connectivity index (χ4n) is 4.37. The van der Waals surface area contributed by atoms with Crippen LogP contribution in [0.5, 0.6) is 5.75 Å². The van der Waals surface area contributed by atoms with Gasteiger partial charge in [0.25, 0.3) is 0 Å². The molecular formula is C25H29F3N4O3. The molecule has 0 bridgehead atoms. The molecule has 1 aliphatic carbocycles. The van der Waals surface area contributed by atoms with Gasteiger partial charge in [0.2, 0.25) is 5.91 Å². The number of amides is 2. The second kappa shape index (κ2) is 9.87. The van der Waals surface area contributed by atoms with Gasteiger partial charge in [-0.3, -0.25) is 9.69 Å². The van der Waals surface area contributed by atoms with Crippen LogP contribution in [0.3, 0.4) is 0 Å². The largest absolute Gasteiger partial charge is 0.419 e. The standard InChI is InChI=1S/C25H29F3N4O3/c1-15-14-31(24(34)35-21-5-3-4-19(11-21)25(26,27)28)23-10-17(6-9-22(23)32(15)16(2)33)18(12-29)13-30-20-7-8-20/h3-6,9-11,15,18,20,30H,7-8,12-14,29H2,1-2H3/t15-,18?/m0/s1. The van der Waals surface area contributed by atoms with Crippen molar-refractivity contribution in [3.05, 3.63) is 53.6 Å². The van der Waals surface area contributed by atoms with Gasteiger partial charge in [-0.2, -0.15) is 13.2 Å². The van der Waals surface area contributed by atoms with Crippen molar-refractivity contribution in [3.63, 3.8) is 0 Å². The third-order valence-corrected chi connectivity index (χ3v) is 6.35. The van der Waals surface area contributed by atoms with Crippen LogP contribution in [0, 0.1) is 0 Å². The maximum atomic E-state index is 13.2. The van der Waals surface area contributed by atoms with E-state index in [1.165, 1.54) is 24.0 Å². The van der Waals surface area contributed by atoms with Crippen LogP contribution in [-0.2, 0) is 11.0 Å². The fourth-order valence-corrected chi connectivity index (χ4v) is 4.37. The van der Waals surface area contributed by atoms with Gasteiger partial charge in [-0.05, 0) is 55.7 Å². The van der Waals surface area contributed by atoms with Crippen molar-refractivity contribution < 1.29 is 27.5 Å². The summed E-state index contributed by atoms with van der Waals surface area (Å²) < 4.78 is 44.6. The van der Waals surface area contributed by atoms with E-state index < -0.39 is 17.8 Å². The van der Waals surface area contributed by atoms with Crippen molar-refractivity contribution in [3.8, 4) is 5.75 Å². The molecule has 0 aromatic heterocycles. The zero-order chi connectivity index (χ0) is 25.3. The SMILES string of the molecule is CC(=O)N1c2ccc(C(CN)CNC3CC3)cc2N(C(=O)Oc2cccc(C(F)(F)F)c2)C[C@@H]1C. The molecule has 0 saturated heterocycles. The van der Waals surface area contributed by atoms with Crippen LogP contribution in [0.4, 0.5) is 29.3 Å². The maximum absolute atomic E-state index is 13.2. The molecule has 1 saturated carbocycles. The summed E-state index contributed by atoms with van der Waals surface area (Å²) in [5.41, 5.74) is 7.01. The van der Waals surface area contributed by atoms with Crippen molar-refractivity contribution >= 4 is 23.4 Å².